The molecular formula is C11H9ClFN3O2. The molecule has 0 radical (unpaired) electrons. The van der Waals surface area contributed by atoms with Gasteiger partial charge in [-0.05, 0) is 17.7 Å². The molecule has 0 aliphatic carbocycles. The number of hydrogen-bond donors (Lipinski definition) is 2. The van der Waals surface area contributed by atoms with Crippen molar-refractivity contribution in [3.8, 4) is 11.1 Å². The molecule has 5 nitrogen and oxygen atoms in total. The van der Waals surface area contributed by atoms with Crippen molar-refractivity contribution in [2.75, 3.05) is 5.73 Å². The lowest BCUT2D eigenvalue weighted by molar-refractivity contribution is 0.0690. The molecule has 0 aliphatic heterocycles. The van der Waals surface area contributed by atoms with E-state index >= 15 is 0 Å². The van der Waals surface area contributed by atoms with E-state index in [1.807, 2.05) is 0 Å². The van der Waals surface area contributed by atoms with Gasteiger partial charge in [0.25, 0.3) is 0 Å². The molecule has 0 atom stereocenters. The topological polar surface area (TPSA) is 81.1 Å². The molecule has 94 valence electrons. The maximum atomic E-state index is 13.1. The Bertz CT molecular complexity index is 639. The van der Waals surface area contributed by atoms with Crippen LogP contribution in [0.15, 0.2) is 18.2 Å². The van der Waals surface area contributed by atoms with Crippen molar-refractivity contribution in [2.24, 2.45) is 7.05 Å². The lowest BCUT2D eigenvalue weighted by atomic mass is 10.1. The zero-order valence-corrected chi connectivity index (χ0v) is 10.1. The first-order valence-electron chi connectivity index (χ1n) is 4.93. The van der Waals surface area contributed by atoms with E-state index < -0.39 is 11.8 Å². The maximum Gasteiger partial charge on any atom is 0.357 e. The number of hydrogen-bond acceptors (Lipinski definition) is 3. The Morgan fingerprint density at radius 2 is 2.22 bits per heavy atom. The van der Waals surface area contributed by atoms with Gasteiger partial charge in [0.15, 0.2) is 5.69 Å². The third-order valence-corrected chi connectivity index (χ3v) is 2.79. The van der Waals surface area contributed by atoms with Crippen molar-refractivity contribution in [3.05, 3.63) is 34.7 Å². The Kier molecular flexibility index (Phi) is 2.96. The zero-order valence-electron chi connectivity index (χ0n) is 9.32. The number of carboxylic acids is 1. The molecule has 0 aliphatic rings. The van der Waals surface area contributed by atoms with E-state index in [9.17, 15) is 9.18 Å². The second-order valence-corrected chi connectivity index (χ2v) is 4.07. The zero-order chi connectivity index (χ0) is 13.4. The van der Waals surface area contributed by atoms with Gasteiger partial charge >= 0.3 is 5.97 Å². The number of aromatic carboxylic acids is 1. The highest BCUT2D eigenvalue weighted by atomic mass is 35.5. The van der Waals surface area contributed by atoms with Crippen LogP contribution in [0.5, 0.6) is 0 Å². The molecule has 1 aromatic carbocycles. The summed E-state index contributed by atoms with van der Waals surface area (Å²) in [5.41, 5.74) is 6.20. The third-order valence-electron chi connectivity index (χ3n) is 2.50. The number of halogens is 2. The summed E-state index contributed by atoms with van der Waals surface area (Å²) in [5.74, 6) is -1.62. The minimum atomic E-state index is -1.21. The first kappa shape index (κ1) is 12.4. The van der Waals surface area contributed by atoms with E-state index in [1.165, 1.54) is 23.9 Å². The van der Waals surface area contributed by atoms with Gasteiger partial charge in [0.05, 0.1) is 10.6 Å². The fourth-order valence-electron chi connectivity index (χ4n) is 1.62. The van der Waals surface area contributed by atoms with Crippen LogP contribution in [0.3, 0.4) is 0 Å². The Morgan fingerprint density at radius 1 is 1.56 bits per heavy atom. The van der Waals surface area contributed by atoms with E-state index in [0.29, 0.717) is 5.56 Å². The fraction of sp³-hybridized carbons (Fsp3) is 0.0909. The van der Waals surface area contributed by atoms with Crippen molar-refractivity contribution >= 4 is 23.4 Å². The number of rotatable bonds is 2. The summed E-state index contributed by atoms with van der Waals surface area (Å²) in [6.07, 6.45) is 0. The second kappa shape index (κ2) is 4.30. The van der Waals surface area contributed by atoms with E-state index in [4.69, 9.17) is 22.4 Å². The predicted molar refractivity (Wildman–Crippen MR) is 65.0 cm³/mol. The van der Waals surface area contributed by atoms with Crippen LogP contribution in [-0.4, -0.2) is 20.9 Å². The minimum Gasteiger partial charge on any atom is -0.476 e. The van der Waals surface area contributed by atoms with E-state index in [2.05, 4.69) is 5.10 Å². The van der Waals surface area contributed by atoms with E-state index in [0.717, 1.165) is 6.07 Å². The maximum absolute atomic E-state index is 13.1. The van der Waals surface area contributed by atoms with Crippen LogP contribution in [0.4, 0.5) is 10.2 Å². The van der Waals surface area contributed by atoms with Crippen LogP contribution < -0.4 is 5.73 Å². The highest BCUT2D eigenvalue weighted by molar-refractivity contribution is 6.31. The largest absolute Gasteiger partial charge is 0.476 e. The van der Waals surface area contributed by atoms with Gasteiger partial charge in [-0.15, -0.1) is 0 Å². The molecule has 0 saturated carbocycles. The summed E-state index contributed by atoms with van der Waals surface area (Å²) >= 11 is 5.66. The standard InChI is InChI=1S/C11H9ClFN3O2/c1-16-10(14)8(9(15-16)11(17)18)5-2-3-7(13)6(12)4-5/h2-4H,14H2,1H3,(H,17,18). The fourth-order valence-corrected chi connectivity index (χ4v) is 1.80. The average molecular weight is 270 g/mol. The summed E-state index contributed by atoms with van der Waals surface area (Å²) in [6, 6.07) is 3.87. The molecule has 0 saturated heterocycles. The predicted octanol–water partition coefficient (Wildman–Crippen LogP) is 2.16. The number of benzene rings is 1. The highest BCUT2D eigenvalue weighted by Gasteiger charge is 2.21. The van der Waals surface area contributed by atoms with Gasteiger partial charge in [-0.25, -0.2) is 9.18 Å². The Morgan fingerprint density at radius 3 is 2.78 bits per heavy atom. The number of nitrogen functional groups attached to an aromatic ring is 1. The van der Waals surface area contributed by atoms with Gasteiger partial charge in [0, 0.05) is 7.05 Å². The molecule has 0 amide bonds. The molecule has 18 heavy (non-hydrogen) atoms. The molecule has 1 heterocycles. The lowest BCUT2D eigenvalue weighted by Gasteiger charge is -2.03. The van der Waals surface area contributed by atoms with Gasteiger partial charge in [-0.2, -0.15) is 5.10 Å². The molecule has 7 heteroatoms. The first-order valence-corrected chi connectivity index (χ1v) is 5.30. The average Bonchev–Trinajstić information content (AvgIpc) is 2.60. The van der Waals surface area contributed by atoms with Crippen LogP contribution >= 0.6 is 11.6 Å². The molecule has 0 spiro atoms. The minimum absolute atomic E-state index is 0.105. The quantitative estimate of drug-likeness (QED) is 0.875. The Hall–Kier alpha value is -2.08. The molecule has 0 fully saturated rings. The van der Waals surface area contributed by atoms with Crippen molar-refractivity contribution < 1.29 is 14.3 Å². The molecule has 1 aromatic heterocycles. The SMILES string of the molecule is Cn1nc(C(=O)O)c(-c2ccc(F)c(Cl)c2)c1N. The summed E-state index contributed by atoms with van der Waals surface area (Å²) < 4.78 is 14.3. The molecular weight excluding hydrogens is 261 g/mol. The van der Waals surface area contributed by atoms with E-state index in [1.54, 1.807) is 0 Å². The van der Waals surface area contributed by atoms with Crippen LogP contribution in [0, 0.1) is 5.82 Å². The van der Waals surface area contributed by atoms with Crippen LogP contribution in [0.2, 0.25) is 5.02 Å². The summed E-state index contributed by atoms with van der Waals surface area (Å²) in [5, 5.41) is 12.7. The summed E-state index contributed by atoms with van der Waals surface area (Å²) in [4.78, 5) is 11.1. The van der Waals surface area contributed by atoms with Crippen molar-refractivity contribution in [3.63, 3.8) is 0 Å². The number of aromatic nitrogens is 2. The molecule has 0 unspecified atom stereocenters. The van der Waals surface area contributed by atoms with Crippen LogP contribution in [0.1, 0.15) is 10.5 Å². The lowest BCUT2D eigenvalue weighted by Crippen LogP contribution is -2.00. The van der Waals surface area contributed by atoms with Gasteiger partial charge in [0.1, 0.15) is 11.6 Å². The monoisotopic (exact) mass is 269 g/mol. The molecule has 3 N–H and O–H groups in total. The number of anilines is 1. The van der Waals surface area contributed by atoms with Crippen LogP contribution in [-0.2, 0) is 7.05 Å². The number of carbonyl (C=O) groups is 1. The highest BCUT2D eigenvalue weighted by Crippen LogP contribution is 2.31. The number of nitrogens with zero attached hydrogens (tertiary/aromatic N) is 2. The van der Waals surface area contributed by atoms with Gasteiger partial charge < -0.3 is 10.8 Å². The number of aryl methyl sites for hydroxylation is 1. The van der Waals surface area contributed by atoms with Crippen molar-refractivity contribution in [1.82, 2.24) is 9.78 Å². The van der Waals surface area contributed by atoms with Crippen molar-refractivity contribution in [2.45, 2.75) is 0 Å². The molecule has 2 aromatic rings. The Balaban J connectivity index is 2.69. The summed E-state index contributed by atoms with van der Waals surface area (Å²) in [6.45, 7) is 0. The number of carboxylic acid groups (broad SMARTS) is 1. The normalized spacial score (nSPS) is 10.6. The van der Waals surface area contributed by atoms with E-state index in [-0.39, 0.29) is 22.1 Å². The van der Waals surface area contributed by atoms with Crippen LogP contribution in [0.25, 0.3) is 11.1 Å². The van der Waals surface area contributed by atoms with Gasteiger partial charge in [-0.3, -0.25) is 4.68 Å². The van der Waals surface area contributed by atoms with Crippen molar-refractivity contribution in [1.29, 1.82) is 0 Å². The second-order valence-electron chi connectivity index (χ2n) is 3.67. The summed E-state index contributed by atoms with van der Waals surface area (Å²) in [7, 11) is 1.52. The smallest absolute Gasteiger partial charge is 0.357 e. The van der Waals surface area contributed by atoms with Gasteiger partial charge in [0.2, 0.25) is 0 Å². The number of nitrogens with two attached hydrogens (primary N) is 1. The molecule has 0 bridgehead atoms. The third kappa shape index (κ3) is 1.91. The molecule has 2 rings (SSSR count). The van der Waals surface area contributed by atoms with Gasteiger partial charge in [-0.1, -0.05) is 17.7 Å². The first-order chi connectivity index (χ1) is 8.41. The Labute approximate surface area is 107 Å².